The molecule has 0 N–H and O–H groups in total. The van der Waals surface area contributed by atoms with E-state index in [1.165, 1.54) is 5.57 Å². The Balaban J connectivity index is 1.19. The van der Waals surface area contributed by atoms with Crippen molar-refractivity contribution >= 4 is 67.0 Å². The number of para-hydroxylation sites is 2. The van der Waals surface area contributed by atoms with Crippen LogP contribution >= 0.6 is 0 Å². The summed E-state index contributed by atoms with van der Waals surface area (Å²) in [6, 6.07) is 42.7. The normalized spacial score (nSPS) is 13.6. The number of hydrogen-bond acceptors (Lipinski definition) is 6. The highest BCUT2D eigenvalue weighted by Gasteiger charge is 2.24. The molecule has 0 saturated carbocycles. The summed E-state index contributed by atoms with van der Waals surface area (Å²) in [4.78, 5) is 15.6. The summed E-state index contributed by atoms with van der Waals surface area (Å²) < 4.78 is 19.5. The van der Waals surface area contributed by atoms with Gasteiger partial charge in [0.2, 0.25) is 0 Å². The van der Waals surface area contributed by atoms with Gasteiger partial charge in [0.05, 0.1) is 0 Å². The van der Waals surface area contributed by atoms with E-state index in [1.54, 1.807) is 6.08 Å². The molecule has 10 aromatic rings. The lowest BCUT2D eigenvalue weighted by Gasteiger charge is -2.12. The SMILES string of the molecule is C=Cc1oc2cccc(-c3ccc(-c4nc(-c5ccccc5)nc(-c5cccc6oc7ccccc7c56)n4)c4c3oc3ccccc34)c2c1/C=C1/C=CC=CC1. The number of benzene rings is 6. The average molecular weight is 722 g/mol. The fraction of sp³-hybridized carbons (Fsp3) is 0.0200. The number of furan rings is 3. The first-order chi connectivity index (χ1) is 27.7. The van der Waals surface area contributed by atoms with Gasteiger partial charge in [-0.2, -0.15) is 0 Å². The Bertz CT molecular complexity index is 3300. The Hall–Kier alpha value is -7.57. The number of nitrogens with zero attached hydrogens (tertiary/aromatic N) is 3. The summed E-state index contributed by atoms with van der Waals surface area (Å²) in [5.74, 6) is 2.40. The Morgan fingerprint density at radius 1 is 0.500 bits per heavy atom. The minimum absolute atomic E-state index is 0.541. The Morgan fingerprint density at radius 3 is 1.88 bits per heavy atom. The van der Waals surface area contributed by atoms with Crippen LogP contribution in [-0.4, -0.2) is 15.0 Å². The maximum Gasteiger partial charge on any atom is 0.164 e. The molecule has 11 rings (SSSR count). The van der Waals surface area contributed by atoms with Gasteiger partial charge in [0.1, 0.15) is 33.7 Å². The smallest absolute Gasteiger partial charge is 0.164 e. The van der Waals surface area contributed by atoms with Crippen molar-refractivity contribution in [3.63, 3.8) is 0 Å². The van der Waals surface area contributed by atoms with Crippen LogP contribution in [0.5, 0.6) is 0 Å². The van der Waals surface area contributed by atoms with Crippen LogP contribution in [0.3, 0.4) is 0 Å². The van der Waals surface area contributed by atoms with E-state index in [0.717, 1.165) is 100 Å². The van der Waals surface area contributed by atoms with Gasteiger partial charge in [0.25, 0.3) is 0 Å². The molecule has 0 bridgehead atoms. The third kappa shape index (κ3) is 5.07. The van der Waals surface area contributed by atoms with Crippen LogP contribution in [0.15, 0.2) is 177 Å². The number of rotatable bonds is 6. The minimum atomic E-state index is 0.541. The zero-order valence-electron chi connectivity index (χ0n) is 30.1. The Kier molecular flexibility index (Phi) is 7.29. The van der Waals surface area contributed by atoms with E-state index in [4.69, 9.17) is 28.2 Å². The summed E-state index contributed by atoms with van der Waals surface area (Å²) in [5.41, 5.74) is 10.6. The molecule has 0 amide bonds. The Morgan fingerprint density at radius 2 is 1.12 bits per heavy atom. The predicted molar refractivity (Wildman–Crippen MR) is 227 cm³/mol. The standard InChI is InChI=1S/C50H31N3O3/c1-2-39-38(29-30-15-5-3-6-16-30)44-32(21-13-25-42(44)54-39)33-27-28-37(46-35-20-10-12-24-41(35)56-47(33)46)50-52-48(31-17-7-4-8-18-31)51-49(53-50)36-22-14-26-43-45(36)34-19-9-11-23-40(34)55-43/h2-15,17-29H,1,16H2/b30-29-. The zero-order chi connectivity index (χ0) is 37.2. The molecular formula is C50H31N3O3. The number of hydrogen-bond donors (Lipinski definition) is 0. The lowest BCUT2D eigenvalue weighted by Crippen LogP contribution is -2.01. The largest absolute Gasteiger partial charge is 0.456 e. The van der Waals surface area contributed by atoms with Crippen molar-refractivity contribution in [3.05, 3.63) is 175 Å². The van der Waals surface area contributed by atoms with Crippen LogP contribution in [0.2, 0.25) is 0 Å². The van der Waals surface area contributed by atoms with E-state index >= 15 is 0 Å². The molecule has 0 saturated heterocycles. The van der Waals surface area contributed by atoms with Crippen molar-refractivity contribution in [3.8, 4) is 45.3 Å². The third-order valence-electron chi connectivity index (χ3n) is 10.6. The number of allylic oxidation sites excluding steroid dienone is 5. The van der Waals surface area contributed by atoms with Crippen molar-refractivity contribution in [2.45, 2.75) is 6.42 Å². The van der Waals surface area contributed by atoms with E-state index in [-0.39, 0.29) is 0 Å². The second-order valence-corrected chi connectivity index (χ2v) is 13.9. The molecule has 264 valence electrons. The van der Waals surface area contributed by atoms with E-state index in [0.29, 0.717) is 17.5 Å². The predicted octanol–water partition coefficient (Wildman–Crippen LogP) is 13.6. The lowest BCUT2D eigenvalue weighted by molar-refractivity contribution is 0.603. The van der Waals surface area contributed by atoms with Crippen LogP contribution in [0.1, 0.15) is 17.7 Å². The fourth-order valence-corrected chi connectivity index (χ4v) is 8.05. The number of fused-ring (bicyclic) bond motifs is 7. The molecule has 4 aromatic heterocycles. The molecule has 0 spiro atoms. The third-order valence-corrected chi connectivity index (χ3v) is 10.6. The average Bonchev–Trinajstić information content (AvgIpc) is 3.95. The molecule has 6 nitrogen and oxygen atoms in total. The first-order valence-electron chi connectivity index (χ1n) is 18.6. The van der Waals surface area contributed by atoms with Crippen molar-refractivity contribution in [2.24, 2.45) is 0 Å². The molecule has 0 radical (unpaired) electrons. The molecule has 1 aliphatic carbocycles. The number of aromatic nitrogens is 3. The molecule has 1 aliphatic rings. The highest BCUT2D eigenvalue weighted by Crippen LogP contribution is 2.45. The molecular weight excluding hydrogens is 691 g/mol. The molecule has 0 atom stereocenters. The molecule has 6 heteroatoms. The van der Waals surface area contributed by atoms with Gasteiger partial charge in [-0.15, -0.1) is 0 Å². The summed E-state index contributed by atoms with van der Waals surface area (Å²) in [5, 5.41) is 4.87. The van der Waals surface area contributed by atoms with Gasteiger partial charge in [0.15, 0.2) is 17.5 Å². The summed E-state index contributed by atoms with van der Waals surface area (Å²) in [6.45, 7) is 4.09. The monoisotopic (exact) mass is 721 g/mol. The van der Waals surface area contributed by atoms with Crippen LogP contribution in [0.25, 0.3) is 112 Å². The maximum absolute atomic E-state index is 6.83. The molecule has 6 aromatic carbocycles. The molecule has 0 fully saturated rings. The van der Waals surface area contributed by atoms with Gasteiger partial charge >= 0.3 is 0 Å². The summed E-state index contributed by atoms with van der Waals surface area (Å²) >= 11 is 0. The first kappa shape index (κ1) is 31.9. The highest BCUT2D eigenvalue weighted by molar-refractivity contribution is 6.18. The van der Waals surface area contributed by atoms with Gasteiger partial charge in [0, 0.05) is 54.7 Å². The minimum Gasteiger partial charge on any atom is -0.456 e. The zero-order valence-corrected chi connectivity index (χ0v) is 30.1. The molecule has 56 heavy (non-hydrogen) atoms. The van der Waals surface area contributed by atoms with Gasteiger partial charge in [-0.25, -0.2) is 15.0 Å². The van der Waals surface area contributed by atoms with Crippen molar-refractivity contribution in [2.75, 3.05) is 0 Å². The van der Waals surface area contributed by atoms with E-state index in [2.05, 4.69) is 73.4 Å². The van der Waals surface area contributed by atoms with Gasteiger partial charge in [-0.1, -0.05) is 122 Å². The van der Waals surface area contributed by atoms with Gasteiger partial charge in [-0.05, 0) is 66.1 Å². The van der Waals surface area contributed by atoms with E-state index in [9.17, 15) is 0 Å². The fourth-order valence-electron chi connectivity index (χ4n) is 8.05. The van der Waals surface area contributed by atoms with Crippen LogP contribution < -0.4 is 0 Å². The van der Waals surface area contributed by atoms with Gasteiger partial charge in [-0.3, -0.25) is 0 Å². The highest BCUT2D eigenvalue weighted by atomic mass is 16.3. The van der Waals surface area contributed by atoms with E-state index in [1.807, 2.05) is 91.0 Å². The second-order valence-electron chi connectivity index (χ2n) is 13.9. The maximum atomic E-state index is 6.83. The van der Waals surface area contributed by atoms with E-state index < -0.39 is 0 Å². The molecule has 0 aliphatic heterocycles. The van der Waals surface area contributed by atoms with Crippen molar-refractivity contribution in [1.82, 2.24) is 15.0 Å². The summed E-state index contributed by atoms with van der Waals surface area (Å²) in [7, 11) is 0. The second kappa shape index (κ2) is 12.8. The molecule has 4 heterocycles. The molecule has 0 unspecified atom stereocenters. The van der Waals surface area contributed by atoms with Gasteiger partial charge < -0.3 is 13.3 Å². The van der Waals surface area contributed by atoms with Crippen molar-refractivity contribution < 1.29 is 13.3 Å². The quantitative estimate of drug-likeness (QED) is 0.170. The first-order valence-corrected chi connectivity index (χ1v) is 18.6. The summed E-state index contributed by atoms with van der Waals surface area (Å²) in [6.07, 6.45) is 13.3. The van der Waals surface area contributed by atoms with Crippen LogP contribution in [0.4, 0.5) is 0 Å². The Labute approximate surface area is 321 Å². The van der Waals surface area contributed by atoms with Crippen LogP contribution in [0, 0.1) is 0 Å². The lowest BCUT2D eigenvalue weighted by atomic mass is 9.93. The van der Waals surface area contributed by atoms with Crippen molar-refractivity contribution in [1.29, 1.82) is 0 Å². The topological polar surface area (TPSA) is 78.1 Å². The van der Waals surface area contributed by atoms with Crippen LogP contribution in [-0.2, 0) is 0 Å².